The zero-order valence-corrected chi connectivity index (χ0v) is 15.0. The zero-order valence-electron chi connectivity index (χ0n) is 15.0. The summed E-state index contributed by atoms with van der Waals surface area (Å²) >= 11 is 0. The van der Waals surface area contributed by atoms with Crippen LogP contribution in [0.3, 0.4) is 0 Å². The van der Waals surface area contributed by atoms with Gasteiger partial charge in [0.2, 0.25) is 0 Å². The van der Waals surface area contributed by atoms with Crippen molar-refractivity contribution >= 4 is 6.09 Å². The molecule has 5 fully saturated rings. The van der Waals surface area contributed by atoms with Crippen molar-refractivity contribution in [3.8, 4) is 0 Å². The summed E-state index contributed by atoms with van der Waals surface area (Å²) < 4.78 is 6.30. The molecule has 1 saturated heterocycles. The molecule has 0 N–H and O–H groups in total. The van der Waals surface area contributed by atoms with Gasteiger partial charge in [0.25, 0.3) is 0 Å². The molecule has 1 atom stereocenters. The van der Waals surface area contributed by atoms with E-state index in [1.165, 1.54) is 44.9 Å². The maximum atomic E-state index is 12.8. The summed E-state index contributed by atoms with van der Waals surface area (Å²) in [6.07, 6.45) is 12.7. The summed E-state index contributed by atoms with van der Waals surface area (Å²) in [4.78, 5) is 14.7. The van der Waals surface area contributed by atoms with Crippen LogP contribution >= 0.6 is 0 Å². The predicted molar refractivity (Wildman–Crippen MR) is 91.2 cm³/mol. The van der Waals surface area contributed by atoms with Crippen molar-refractivity contribution in [3.05, 3.63) is 0 Å². The van der Waals surface area contributed by atoms with E-state index in [2.05, 4.69) is 13.8 Å². The third-order valence-electron chi connectivity index (χ3n) is 7.76. The van der Waals surface area contributed by atoms with Crippen molar-refractivity contribution in [2.45, 2.75) is 83.7 Å². The molecule has 3 nitrogen and oxygen atoms in total. The van der Waals surface area contributed by atoms with E-state index in [1.54, 1.807) is 0 Å². The molecule has 3 heteroatoms. The fraction of sp³-hybridized carbons (Fsp3) is 0.950. The molecule has 0 radical (unpaired) electrons. The molecule has 1 unspecified atom stereocenters. The number of rotatable bonds is 3. The molecule has 1 aliphatic heterocycles. The van der Waals surface area contributed by atoms with E-state index in [-0.39, 0.29) is 17.1 Å². The van der Waals surface area contributed by atoms with E-state index < -0.39 is 0 Å². The van der Waals surface area contributed by atoms with Crippen molar-refractivity contribution in [1.82, 2.24) is 4.90 Å². The van der Waals surface area contributed by atoms with Crippen LogP contribution in [0.1, 0.15) is 78.1 Å². The van der Waals surface area contributed by atoms with E-state index in [0.29, 0.717) is 0 Å². The molecular weight excluding hydrogens is 286 g/mol. The van der Waals surface area contributed by atoms with Crippen LogP contribution in [-0.2, 0) is 4.74 Å². The Balaban J connectivity index is 1.53. The third kappa shape index (κ3) is 2.59. The van der Waals surface area contributed by atoms with E-state index >= 15 is 0 Å². The number of nitrogens with zero attached hydrogens (tertiary/aromatic N) is 1. The monoisotopic (exact) mass is 319 g/mol. The van der Waals surface area contributed by atoms with Crippen LogP contribution in [0.5, 0.6) is 0 Å². The second-order valence-electron chi connectivity index (χ2n) is 9.20. The number of carbonyl (C=O) groups excluding carboxylic acids is 1. The van der Waals surface area contributed by atoms with Crippen molar-refractivity contribution < 1.29 is 9.53 Å². The highest BCUT2D eigenvalue weighted by Gasteiger charge is 2.60. The lowest BCUT2D eigenvalue weighted by Gasteiger charge is -2.62. The number of piperidine rings is 1. The van der Waals surface area contributed by atoms with Gasteiger partial charge in [-0.3, -0.25) is 0 Å². The molecule has 23 heavy (non-hydrogen) atoms. The van der Waals surface area contributed by atoms with Crippen molar-refractivity contribution in [2.75, 3.05) is 13.1 Å². The van der Waals surface area contributed by atoms with Gasteiger partial charge in [-0.05, 0) is 88.9 Å². The Morgan fingerprint density at radius 1 is 1.04 bits per heavy atom. The minimum absolute atomic E-state index is 0.0372. The first kappa shape index (κ1) is 15.8. The lowest BCUT2D eigenvalue weighted by atomic mass is 9.45. The molecular formula is C20H33NO2. The SMILES string of the molecule is CCC(C)(OC(=O)N1CCCCC1)C12CC3CC(CC(C3)C1)C2. The Morgan fingerprint density at radius 3 is 2.04 bits per heavy atom. The van der Waals surface area contributed by atoms with Crippen LogP contribution in [0, 0.1) is 23.2 Å². The number of ether oxygens (including phenoxy) is 1. The highest BCUT2D eigenvalue weighted by Crippen LogP contribution is 2.65. The molecule has 0 spiro atoms. The van der Waals surface area contributed by atoms with Gasteiger partial charge in [0.1, 0.15) is 5.60 Å². The van der Waals surface area contributed by atoms with Crippen LogP contribution in [-0.4, -0.2) is 29.7 Å². The molecule has 1 amide bonds. The predicted octanol–water partition coefficient (Wildman–Crippen LogP) is 4.99. The van der Waals surface area contributed by atoms with Gasteiger partial charge in [-0.2, -0.15) is 0 Å². The first-order valence-corrected chi connectivity index (χ1v) is 10.0. The number of likely N-dealkylation sites (tertiary alicyclic amines) is 1. The van der Waals surface area contributed by atoms with Crippen molar-refractivity contribution in [2.24, 2.45) is 23.2 Å². The summed E-state index contributed by atoms with van der Waals surface area (Å²) in [6.45, 7) is 6.25. The van der Waals surface area contributed by atoms with Gasteiger partial charge in [0.05, 0.1) is 0 Å². The number of hydrogen-bond acceptors (Lipinski definition) is 2. The lowest BCUT2D eigenvalue weighted by molar-refractivity contribution is -0.176. The summed E-state index contributed by atoms with van der Waals surface area (Å²) in [5, 5.41) is 0. The zero-order chi connectivity index (χ0) is 16.1. The topological polar surface area (TPSA) is 29.5 Å². The Kier molecular flexibility index (Phi) is 3.89. The molecule has 130 valence electrons. The summed E-state index contributed by atoms with van der Waals surface area (Å²) in [7, 11) is 0. The van der Waals surface area contributed by atoms with Gasteiger partial charge in [-0.25, -0.2) is 4.79 Å². The quantitative estimate of drug-likeness (QED) is 0.733. The van der Waals surface area contributed by atoms with Gasteiger partial charge in [0.15, 0.2) is 0 Å². The number of carbonyl (C=O) groups is 1. The Bertz CT molecular complexity index is 433. The molecule has 4 bridgehead atoms. The maximum absolute atomic E-state index is 12.8. The first-order valence-electron chi connectivity index (χ1n) is 10.0. The summed E-state index contributed by atoms with van der Waals surface area (Å²) in [6, 6.07) is 0. The average Bonchev–Trinajstić information content (AvgIpc) is 2.54. The first-order chi connectivity index (χ1) is 11.0. The van der Waals surface area contributed by atoms with Crippen molar-refractivity contribution in [1.29, 1.82) is 0 Å². The number of hydrogen-bond donors (Lipinski definition) is 0. The molecule has 1 heterocycles. The van der Waals surface area contributed by atoms with E-state index in [9.17, 15) is 4.79 Å². The maximum Gasteiger partial charge on any atom is 0.410 e. The fourth-order valence-corrected chi connectivity index (χ4v) is 6.65. The van der Waals surface area contributed by atoms with Crippen LogP contribution in [0.4, 0.5) is 4.79 Å². The van der Waals surface area contributed by atoms with E-state index in [0.717, 1.165) is 50.1 Å². The van der Waals surface area contributed by atoms with Crippen molar-refractivity contribution in [3.63, 3.8) is 0 Å². The minimum atomic E-state index is -0.266. The number of amides is 1. The van der Waals surface area contributed by atoms with Crippen LogP contribution in [0.15, 0.2) is 0 Å². The molecule has 5 rings (SSSR count). The molecule has 0 aromatic carbocycles. The smallest absolute Gasteiger partial charge is 0.410 e. The standard InChI is InChI=1S/C20H33NO2/c1-3-19(2,23-18(22)21-7-5-4-6-8-21)20-12-15-9-16(13-20)11-17(10-15)14-20/h15-17H,3-14H2,1-2H3. The highest BCUT2D eigenvalue weighted by molar-refractivity contribution is 5.68. The van der Waals surface area contributed by atoms with Crippen LogP contribution < -0.4 is 0 Å². The van der Waals surface area contributed by atoms with Crippen LogP contribution in [0.2, 0.25) is 0 Å². The van der Waals surface area contributed by atoms with Crippen LogP contribution in [0.25, 0.3) is 0 Å². The largest absolute Gasteiger partial charge is 0.443 e. The van der Waals surface area contributed by atoms with Gasteiger partial charge >= 0.3 is 6.09 Å². The second kappa shape index (κ2) is 5.67. The Morgan fingerprint density at radius 2 is 1.57 bits per heavy atom. The highest BCUT2D eigenvalue weighted by atomic mass is 16.6. The van der Waals surface area contributed by atoms with Gasteiger partial charge in [-0.15, -0.1) is 0 Å². The molecule has 0 aromatic rings. The fourth-order valence-electron chi connectivity index (χ4n) is 6.65. The van der Waals surface area contributed by atoms with Gasteiger partial charge < -0.3 is 9.64 Å². The van der Waals surface area contributed by atoms with Gasteiger partial charge in [-0.1, -0.05) is 6.92 Å². The summed E-state index contributed by atoms with van der Waals surface area (Å²) in [5.74, 6) is 2.71. The van der Waals surface area contributed by atoms with E-state index in [1.807, 2.05) is 4.90 Å². The average molecular weight is 319 g/mol. The third-order valence-corrected chi connectivity index (χ3v) is 7.76. The molecule has 0 aromatic heterocycles. The Hall–Kier alpha value is -0.730. The summed E-state index contributed by atoms with van der Waals surface area (Å²) in [5.41, 5.74) is -0.000509. The molecule has 4 saturated carbocycles. The Labute approximate surface area is 141 Å². The van der Waals surface area contributed by atoms with E-state index in [4.69, 9.17) is 4.74 Å². The molecule has 5 aliphatic rings. The van der Waals surface area contributed by atoms with Gasteiger partial charge in [0, 0.05) is 18.5 Å². The molecule has 4 aliphatic carbocycles. The lowest BCUT2D eigenvalue weighted by Crippen LogP contribution is -2.59. The second-order valence-corrected chi connectivity index (χ2v) is 9.20. The normalized spacial score (nSPS) is 41.7. The minimum Gasteiger partial charge on any atom is -0.443 e.